The summed E-state index contributed by atoms with van der Waals surface area (Å²) in [4.78, 5) is 0. The quantitative estimate of drug-likeness (QED) is 0.345. The highest BCUT2D eigenvalue weighted by Crippen LogP contribution is 2.03. The zero-order chi connectivity index (χ0) is 6.81. The molecule has 0 spiro atoms. The van der Waals surface area contributed by atoms with Crippen LogP contribution in [0.5, 0.6) is 0 Å². The predicted octanol–water partition coefficient (Wildman–Crippen LogP) is -1.03. The third-order valence-electron chi connectivity index (χ3n) is 1.63. The molecule has 10 heavy (non-hydrogen) atoms. The summed E-state index contributed by atoms with van der Waals surface area (Å²) in [5.74, 6) is 0. The maximum Gasteiger partial charge on any atom is 0.0812 e. The van der Waals surface area contributed by atoms with E-state index in [4.69, 9.17) is 0 Å². The van der Waals surface area contributed by atoms with Crippen molar-refractivity contribution < 1.29 is 0 Å². The molecule has 4 N–H and O–H groups in total. The highest BCUT2D eigenvalue weighted by atomic mass is 15.5. The lowest BCUT2D eigenvalue weighted by Gasteiger charge is -2.08. The largest absolute Gasteiger partial charge is 0.328 e. The van der Waals surface area contributed by atoms with Crippen molar-refractivity contribution in [3.05, 3.63) is 24.0 Å². The van der Waals surface area contributed by atoms with Crippen molar-refractivity contribution in [1.29, 1.82) is 0 Å². The van der Waals surface area contributed by atoms with E-state index in [0.29, 0.717) is 6.04 Å². The van der Waals surface area contributed by atoms with Gasteiger partial charge in [0.1, 0.15) is 0 Å². The standard InChI is InChI=1S/C6H10N4/c1-2-5-6(4-8-9-5)10-7-3-1/h1-3,6-10H,4H2. The molecule has 0 radical (unpaired) electrons. The molecule has 4 nitrogen and oxygen atoms in total. The Balaban J connectivity index is 2.18. The van der Waals surface area contributed by atoms with Gasteiger partial charge in [0.05, 0.1) is 6.04 Å². The first kappa shape index (κ1) is 5.76. The first-order chi connectivity index (χ1) is 4.97. The van der Waals surface area contributed by atoms with Crippen LogP contribution in [0.1, 0.15) is 0 Å². The molecule has 1 saturated heterocycles. The van der Waals surface area contributed by atoms with Crippen LogP contribution in [-0.4, -0.2) is 12.6 Å². The number of hydrazine groups is 2. The molecular formula is C6H10N4. The lowest BCUT2D eigenvalue weighted by molar-refractivity contribution is 0.551. The molecule has 0 amide bonds. The molecule has 4 heteroatoms. The van der Waals surface area contributed by atoms with Crippen LogP contribution in [0.25, 0.3) is 0 Å². The van der Waals surface area contributed by atoms with Crippen LogP contribution in [0.4, 0.5) is 0 Å². The molecule has 0 aromatic carbocycles. The molecule has 0 aromatic heterocycles. The van der Waals surface area contributed by atoms with Crippen molar-refractivity contribution in [1.82, 2.24) is 21.7 Å². The average molecular weight is 138 g/mol. The molecule has 2 aliphatic heterocycles. The van der Waals surface area contributed by atoms with Gasteiger partial charge in [0.2, 0.25) is 0 Å². The Hall–Kier alpha value is -1.00. The van der Waals surface area contributed by atoms with Gasteiger partial charge in [-0.1, -0.05) is 0 Å². The number of hydrogen-bond acceptors (Lipinski definition) is 4. The number of nitrogens with one attached hydrogen (secondary N) is 4. The second-order valence-corrected chi connectivity index (χ2v) is 2.33. The molecule has 0 aromatic rings. The lowest BCUT2D eigenvalue weighted by atomic mass is 10.2. The molecular weight excluding hydrogens is 128 g/mol. The molecule has 1 atom stereocenters. The zero-order valence-electron chi connectivity index (χ0n) is 5.52. The average Bonchev–Trinajstić information content (AvgIpc) is 2.28. The summed E-state index contributed by atoms with van der Waals surface area (Å²) in [6, 6.07) is 0.370. The van der Waals surface area contributed by atoms with Crippen LogP contribution in [0.2, 0.25) is 0 Å². The molecule has 2 heterocycles. The van der Waals surface area contributed by atoms with E-state index in [-0.39, 0.29) is 0 Å². The fourth-order valence-corrected chi connectivity index (χ4v) is 1.09. The normalized spacial score (nSPS) is 29.6. The summed E-state index contributed by atoms with van der Waals surface area (Å²) in [6.07, 6.45) is 5.87. The van der Waals surface area contributed by atoms with Crippen molar-refractivity contribution in [2.45, 2.75) is 6.04 Å². The minimum atomic E-state index is 0.370. The molecule has 1 unspecified atom stereocenters. The molecule has 1 fully saturated rings. The maximum atomic E-state index is 3.11. The molecule has 2 rings (SSSR count). The van der Waals surface area contributed by atoms with Crippen LogP contribution in [0, 0.1) is 0 Å². The van der Waals surface area contributed by atoms with Gasteiger partial charge in [-0.2, -0.15) is 0 Å². The van der Waals surface area contributed by atoms with Crippen LogP contribution in [0.15, 0.2) is 24.0 Å². The first-order valence-corrected chi connectivity index (χ1v) is 3.33. The maximum absolute atomic E-state index is 3.11. The van der Waals surface area contributed by atoms with Crippen LogP contribution in [0.3, 0.4) is 0 Å². The molecule has 0 aliphatic carbocycles. The van der Waals surface area contributed by atoms with E-state index in [1.54, 1.807) is 0 Å². The van der Waals surface area contributed by atoms with Gasteiger partial charge in [0.15, 0.2) is 0 Å². The Morgan fingerprint density at radius 3 is 3.50 bits per heavy atom. The van der Waals surface area contributed by atoms with E-state index in [1.165, 1.54) is 5.70 Å². The summed E-state index contributed by atoms with van der Waals surface area (Å²) in [6.45, 7) is 0.917. The molecule has 0 saturated carbocycles. The van der Waals surface area contributed by atoms with Crippen LogP contribution in [-0.2, 0) is 0 Å². The third kappa shape index (κ3) is 0.872. The lowest BCUT2D eigenvalue weighted by Crippen LogP contribution is -2.39. The van der Waals surface area contributed by atoms with Crippen LogP contribution < -0.4 is 21.7 Å². The van der Waals surface area contributed by atoms with Gasteiger partial charge < -0.3 is 10.9 Å². The highest BCUT2D eigenvalue weighted by molar-refractivity contribution is 5.20. The van der Waals surface area contributed by atoms with Gasteiger partial charge in [0.25, 0.3) is 0 Å². The zero-order valence-corrected chi connectivity index (χ0v) is 5.52. The summed E-state index contributed by atoms with van der Waals surface area (Å²) >= 11 is 0. The third-order valence-corrected chi connectivity index (χ3v) is 1.63. The number of hydrogen-bond donors (Lipinski definition) is 4. The Kier molecular flexibility index (Phi) is 1.34. The summed E-state index contributed by atoms with van der Waals surface area (Å²) < 4.78 is 0. The predicted molar refractivity (Wildman–Crippen MR) is 38.4 cm³/mol. The monoisotopic (exact) mass is 138 g/mol. The number of fused-ring (bicyclic) bond motifs is 1. The van der Waals surface area contributed by atoms with Crippen molar-refractivity contribution in [3.8, 4) is 0 Å². The fourth-order valence-electron chi connectivity index (χ4n) is 1.09. The van der Waals surface area contributed by atoms with Crippen molar-refractivity contribution in [3.63, 3.8) is 0 Å². The van der Waals surface area contributed by atoms with Gasteiger partial charge in [-0.25, -0.2) is 10.9 Å². The van der Waals surface area contributed by atoms with Gasteiger partial charge in [-0.05, 0) is 12.2 Å². The minimum Gasteiger partial charge on any atom is -0.328 e. The van der Waals surface area contributed by atoms with Crippen LogP contribution >= 0.6 is 0 Å². The van der Waals surface area contributed by atoms with E-state index in [1.807, 2.05) is 18.4 Å². The van der Waals surface area contributed by atoms with E-state index in [9.17, 15) is 0 Å². The SMILES string of the molecule is C1=CNNC2CNNC2=C1. The second-order valence-electron chi connectivity index (χ2n) is 2.33. The Morgan fingerprint density at radius 1 is 1.50 bits per heavy atom. The first-order valence-electron chi connectivity index (χ1n) is 3.33. The second kappa shape index (κ2) is 2.32. The highest BCUT2D eigenvalue weighted by Gasteiger charge is 2.19. The number of allylic oxidation sites excluding steroid dienone is 2. The van der Waals surface area contributed by atoms with Crippen molar-refractivity contribution in [2.75, 3.05) is 6.54 Å². The summed E-state index contributed by atoms with van der Waals surface area (Å²) in [7, 11) is 0. The Labute approximate surface area is 59.3 Å². The van der Waals surface area contributed by atoms with Gasteiger partial charge in [0, 0.05) is 18.4 Å². The van der Waals surface area contributed by atoms with E-state index < -0.39 is 0 Å². The van der Waals surface area contributed by atoms with E-state index >= 15 is 0 Å². The topological polar surface area (TPSA) is 48.1 Å². The summed E-state index contributed by atoms with van der Waals surface area (Å²) in [5.41, 5.74) is 13.3. The van der Waals surface area contributed by atoms with Gasteiger partial charge in [-0.15, -0.1) is 0 Å². The fraction of sp³-hybridized carbons (Fsp3) is 0.333. The molecule has 0 bridgehead atoms. The van der Waals surface area contributed by atoms with Crippen molar-refractivity contribution in [2.24, 2.45) is 0 Å². The minimum absolute atomic E-state index is 0.370. The number of rotatable bonds is 0. The molecule has 2 aliphatic rings. The van der Waals surface area contributed by atoms with Gasteiger partial charge >= 0.3 is 0 Å². The van der Waals surface area contributed by atoms with Crippen molar-refractivity contribution >= 4 is 0 Å². The summed E-state index contributed by atoms with van der Waals surface area (Å²) in [5, 5.41) is 0. The molecule has 54 valence electrons. The smallest absolute Gasteiger partial charge is 0.0812 e. The van der Waals surface area contributed by atoms with Gasteiger partial charge in [-0.3, -0.25) is 0 Å². The Bertz CT molecular complexity index is 184. The van der Waals surface area contributed by atoms with E-state index in [2.05, 4.69) is 21.7 Å². The Morgan fingerprint density at radius 2 is 2.50 bits per heavy atom. The van der Waals surface area contributed by atoms with E-state index in [0.717, 1.165) is 6.54 Å².